The first kappa shape index (κ1) is 20.7. The van der Waals surface area contributed by atoms with Gasteiger partial charge in [0.15, 0.2) is 0 Å². The second kappa shape index (κ2) is 8.16. The summed E-state index contributed by atoms with van der Waals surface area (Å²) in [7, 11) is 0. The molecule has 4 fully saturated rings. The fourth-order valence-electron chi connectivity index (χ4n) is 6.46. The van der Waals surface area contributed by atoms with Crippen LogP contribution in [0.25, 0.3) is 5.69 Å². The third-order valence-electron chi connectivity index (χ3n) is 8.51. The lowest BCUT2D eigenvalue weighted by Crippen LogP contribution is -2.36. The molecule has 10 heteroatoms. The van der Waals surface area contributed by atoms with Gasteiger partial charge in [0.1, 0.15) is 12.1 Å². The SMILES string of the molecule is CC1C(CCN2CC3C(C2)C3C(=O)Nc2ccc(-n3cnnn3)cn2)CCC2C(=O)OCC21. The number of nitrogens with zero attached hydrogens (tertiary/aromatic N) is 6. The summed E-state index contributed by atoms with van der Waals surface area (Å²) in [4.78, 5) is 31.4. The normalized spacial score (nSPS) is 35.1. The van der Waals surface area contributed by atoms with Crippen molar-refractivity contribution in [3.8, 4) is 5.69 Å². The van der Waals surface area contributed by atoms with Crippen LogP contribution in [0.2, 0.25) is 0 Å². The van der Waals surface area contributed by atoms with Gasteiger partial charge in [-0.15, -0.1) is 5.10 Å². The van der Waals surface area contributed by atoms with Crippen LogP contribution in [0.1, 0.15) is 26.2 Å². The largest absolute Gasteiger partial charge is 0.465 e. The summed E-state index contributed by atoms with van der Waals surface area (Å²) in [5, 5.41) is 14.0. The minimum Gasteiger partial charge on any atom is -0.465 e. The molecule has 6 unspecified atom stereocenters. The molecule has 2 aromatic rings. The maximum atomic E-state index is 12.7. The van der Waals surface area contributed by atoms with Crippen molar-refractivity contribution in [2.24, 2.45) is 41.4 Å². The van der Waals surface area contributed by atoms with Crippen LogP contribution in [-0.2, 0) is 14.3 Å². The number of carbonyl (C=O) groups excluding carboxylic acids is 2. The first-order valence-corrected chi connectivity index (χ1v) is 12.0. The predicted molar refractivity (Wildman–Crippen MR) is 117 cm³/mol. The second-order valence-corrected chi connectivity index (χ2v) is 10.1. The van der Waals surface area contributed by atoms with Crippen molar-refractivity contribution in [3.05, 3.63) is 24.7 Å². The average Bonchev–Trinajstić information content (AvgIpc) is 3.28. The van der Waals surface area contributed by atoms with Gasteiger partial charge in [0.2, 0.25) is 5.91 Å². The molecule has 1 N–H and O–H groups in total. The number of pyridine rings is 1. The van der Waals surface area contributed by atoms with E-state index >= 15 is 0 Å². The molecule has 0 spiro atoms. The molecule has 6 rings (SSSR count). The lowest BCUT2D eigenvalue weighted by molar-refractivity contribution is -0.141. The zero-order valence-corrected chi connectivity index (χ0v) is 18.7. The number of ether oxygens (including phenoxy) is 1. The summed E-state index contributed by atoms with van der Waals surface area (Å²) in [5.74, 6) is 3.42. The number of hydrogen-bond acceptors (Lipinski definition) is 8. The van der Waals surface area contributed by atoms with Gasteiger partial charge in [0.25, 0.3) is 0 Å². The number of carbonyl (C=O) groups is 2. The Hall–Kier alpha value is -2.88. The quantitative estimate of drug-likeness (QED) is 0.656. The average molecular weight is 452 g/mol. The zero-order chi connectivity index (χ0) is 22.5. The van der Waals surface area contributed by atoms with Gasteiger partial charge in [-0.1, -0.05) is 6.92 Å². The van der Waals surface area contributed by atoms with Crippen molar-refractivity contribution < 1.29 is 14.3 Å². The van der Waals surface area contributed by atoms with Gasteiger partial charge in [-0.2, -0.15) is 4.68 Å². The van der Waals surface area contributed by atoms with E-state index in [4.69, 9.17) is 4.74 Å². The fourth-order valence-corrected chi connectivity index (χ4v) is 6.46. The van der Waals surface area contributed by atoms with Gasteiger partial charge in [0, 0.05) is 24.9 Å². The predicted octanol–water partition coefficient (Wildman–Crippen LogP) is 1.40. The number of rotatable bonds is 6. The van der Waals surface area contributed by atoms with Crippen LogP contribution in [0.15, 0.2) is 24.7 Å². The molecule has 33 heavy (non-hydrogen) atoms. The molecule has 10 nitrogen and oxygen atoms in total. The lowest BCUT2D eigenvalue weighted by Gasteiger charge is -2.36. The monoisotopic (exact) mass is 451 g/mol. The third-order valence-corrected chi connectivity index (χ3v) is 8.51. The Morgan fingerprint density at radius 2 is 2.06 bits per heavy atom. The minimum absolute atomic E-state index is 0.0212. The first-order valence-electron chi connectivity index (χ1n) is 12.0. The Morgan fingerprint density at radius 3 is 2.79 bits per heavy atom. The fraction of sp³-hybridized carbons (Fsp3) is 0.652. The molecule has 6 atom stereocenters. The molecule has 0 bridgehead atoms. The Labute approximate surface area is 192 Å². The highest BCUT2D eigenvalue weighted by molar-refractivity contribution is 5.94. The Bertz CT molecular complexity index is 1020. The summed E-state index contributed by atoms with van der Waals surface area (Å²) in [6.07, 6.45) is 6.43. The van der Waals surface area contributed by atoms with Crippen LogP contribution >= 0.6 is 0 Å². The Kier molecular flexibility index (Phi) is 5.12. The van der Waals surface area contributed by atoms with E-state index in [-0.39, 0.29) is 23.7 Å². The van der Waals surface area contributed by atoms with Gasteiger partial charge < -0.3 is 15.0 Å². The van der Waals surface area contributed by atoms with E-state index in [9.17, 15) is 9.59 Å². The second-order valence-electron chi connectivity index (χ2n) is 10.1. The van der Waals surface area contributed by atoms with Crippen LogP contribution < -0.4 is 5.32 Å². The van der Waals surface area contributed by atoms with Crippen molar-refractivity contribution in [1.29, 1.82) is 0 Å². The Balaban J connectivity index is 0.959. The molecule has 0 aromatic carbocycles. The summed E-state index contributed by atoms with van der Waals surface area (Å²) >= 11 is 0. The van der Waals surface area contributed by atoms with Crippen molar-refractivity contribution in [3.63, 3.8) is 0 Å². The summed E-state index contributed by atoms with van der Waals surface area (Å²) in [6, 6.07) is 3.61. The topological polar surface area (TPSA) is 115 Å². The van der Waals surface area contributed by atoms with Gasteiger partial charge in [0.05, 0.1) is 24.4 Å². The molecule has 2 saturated heterocycles. The first-order chi connectivity index (χ1) is 16.1. The summed E-state index contributed by atoms with van der Waals surface area (Å²) < 4.78 is 6.84. The molecule has 2 aliphatic heterocycles. The number of aromatic nitrogens is 5. The van der Waals surface area contributed by atoms with Gasteiger partial charge >= 0.3 is 5.97 Å². The van der Waals surface area contributed by atoms with E-state index in [1.165, 1.54) is 17.4 Å². The van der Waals surface area contributed by atoms with E-state index in [0.717, 1.165) is 38.2 Å². The van der Waals surface area contributed by atoms with Crippen molar-refractivity contribution in [2.75, 3.05) is 31.6 Å². The van der Waals surface area contributed by atoms with E-state index in [1.54, 1.807) is 12.3 Å². The van der Waals surface area contributed by atoms with Crippen LogP contribution in [0.5, 0.6) is 0 Å². The molecule has 1 amide bonds. The molecular weight excluding hydrogens is 422 g/mol. The maximum absolute atomic E-state index is 12.7. The maximum Gasteiger partial charge on any atom is 0.309 e. The van der Waals surface area contributed by atoms with Crippen LogP contribution in [-0.4, -0.2) is 68.2 Å². The van der Waals surface area contributed by atoms with E-state index < -0.39 is 0 Å². The standard InChI is InChI=1S/C23H29N7O3/c1-13-14(2-4-16-19(13)11-33-23(16)32)6-7-29-9-17-18(10-29)21(17)22(31)26-20-5-3-15(8-24-20)30-12-25-27-28-30/h3,5,8,12-14,16-19,21H,2,4,6-7,9-11H2,1H3,(H,24,26,31). The van der Waals surface area contributed by atoms with Crippen molar-refractivity contribution in [2.45, 2.75) is 26.2 Å². The molecule has 0 radical (unpaired) electrons. The van der Waals surface area contributed by atoms with Crippen molar-refractivity contribution >= 4 is 17.7 Å². The number of likely N-dealkylation sites (tertiary alicyclic amines) is 1. The Morgan fingerprint density at radius 1 is 1.21 bits per heavy atom. The zero-order valence-electron chi connectivity index (χ0n) is 18.7. The number of tetrazole rings is 1. The minimum atomic E-state index is 0.0212. The molecule has 2 aromatic heterocycles. The number of anilines is 1. The summed E-state index contributed by atoms with van der Waals surface area (Å²) in [5.41, 5.74) is 0.742. The molecule has 4 heterocycles. The molecular formula is C23H29N7O3. The van der Waals surface area contributed by atoms with Gasteiger partial charge in [-0.25, -0.2) is 4.98 Å². The number of nitrogens with one attached hydrogen (secondary N) is 1. The molecule has 174 valence electrons. The number of cyclic esters (lactones) is 1. The van der Waals surface area contributed by atoms with Crippen LogP contribution in [0.3, 0.4) is 0 Å². The number of hydrogen-bond donors (Lipinski definition) is 1. The van der Waals surface area contributed by atoms with Crippen molar-refractivity contribution in [1.82, 2.24) is 30.1 Å². The molecule has 2 aliphatic carbocycles. The highest BCUT2D eigenvalue weighted by Gasteiger charge is 2.59. The van der Waals surface area contributed by atoms with Gasteiger partial charge in [-0.05, 0) is 72.0 Å². The van der Waals surface area contributed by atoms with E-state index in [2.05, 4.69) is 37.6 Å². The number of esters is 1. The lowest BCUT2D eigenvalue weighted by atomic mass is 9.67. The van der Waals surface area contributed by atoms with Crippen LogP contribution in [0.4, 0.5) is 5.82 Å². The highest BCUT2D eigenvalue weighted by Crippen LogP contribution is 2.52. The van der Waals surface area contributed by atoms with Gasteiger partial charge in [-0.3, -0.25) is 9.59 Å². The number of piperidine rings is 1. The smallest absolute Gasteiger partial charge is 0.309 e. The number of amides is 1. The van der Waals surface area contributed by atoms with E-state index in [0.29, 0.717) is 42.0 Å². The highest BCUT2D eigenvalue weighted by atomic mass is 16.5. The molecule has 4 aliphatic rings. The van der Waals surface area contributed by atoms with Crippen LogP contribution in [0, 0.1) is 41.4 Å². The third kappa shape index (κ3) is 3.80. The van der Waals surface area contributed by atoms with E-state index in [1.807, 2.05) is 6.07 Å². The summed E-state index contributed by atoms with van der Waals surface area (Å²) in [6.45, 7) is 6.00. The molecule has 2 saturated carbocycles. The number of fused-ring (bicyclic) bond motifs is 2.